The third kappa shape index (κ3) is 5.53. The van der Waals surface area contributed by atoms with Crippen LogP contribution in [-0.2, 0) is 31.4 Å². The third-order valence-electron chi connectivity index (χ3n) is 4.51. The lowest BCUT2D eigenvalue weighted by Crippen LogP contribution is -2.14. The maximum Gasteiger partial charge on any atom is 0.239 e. The molecule has 2 aromatic carbocycles. The van der Waals surface area contributed by atoms with Crippen molar-refractivity contribution in [2.24, 2.45) is 0 Å². The maximum atomic E-state index is 13.0. The summed E-state index contributed by atoms with van der Waals surface area (Å²) in [4.78, 5) is 15.3. The molecule has 0 radical (unpaired) electrons. The van der Waals surface area contributed by atoms with Crippen molar-refractivity contribution in [3.8, 4) is 0 Å². The molecule has 0 aliphatic rings. The number of hydrogen-bond acceptors (Lipinski definition) is 8. The molecule has 0 aliphatic carbocycles. The highest BCUT2D eigenvalue weighted by molar-refractivity contribution is 7.92. The van der Waals surface area contributed by atoms with Gasteiger partial charge in [0.05, 0.1) is 10.5 Å². The van der Waals surface area contributed by atoms with Crippen molar-refractivity contribution in [2.75, 3.05) is 4.72 Å². The van der Waals surface area contributed by atoms with Crippen LogP contribution in [-0.4, -0.2) is 37.8 Å². The second-order valence-electron chi connectivity index (χ2n) is 7.00. The van der Waals surface area contributed by atoms with Crippen molar-refractivity contribution in [3.05, 3.63) is 94.2 Å². The van der Waals surface area contributed by atoms with E-state index in [0.717, 1.165) is 11.3 Å². The topological polar surface area (TPSA) is 139 Å². The number of nitrogens with zero attached hydrogens (tertiary/aromatic N) is 2. The van der Waals surface area contributed by atoms with Gasteiger partial charge in [0.2, 0.25) is 10.0 Å². The van der Waals surface area contributed by atoms with Crippen molar-refractivity contribution in [1.29, 1.82) is 0 Å². The summed E-state index contributed by atoms with van der Waals surface area (Å²) in [7, 11) is -7.69. The number of sulfonamides is 1. The molecular formula is C21H18N4O5S3. The average Bonchev–Trinajstić information content (AvgIpc) is 3.44. The molecule has 170 valence electrons. The zero-order valence-electron chi connectivity index (χ0n) is 17.0. The summed E-state index contributed by atoms with van der Waals surface area (Å²) in [5, 5.41) is 7.94. The Balaban J connectivity index is 1.49. The van der Waals surface area contributed by atoms with Gasteiger partial charge in [0, 0.05) is 23.6 Å². The van der Waals surface area contributed by atoms with E-state index in [9.17, 15) is 21.6 Å². The first kappa shape index (κ1) is 22.8. The fourth-order valence-corrected chi connectivity index (χ4v) is 7.12. The number of ketones is 1. The molecule has 0 spiro atoms. The van der Waals surface area contributed by atoms with Gasteiger partial charge in [-0.15, -0.1) is 10.2 Å². The molecule has 12 heteroatoms. The molecule has 9 nitrogen and oxygen atoms in total. The summed E-state index contributed by atoms with van der Waals surface area (Å²) < 4.78 is 53.2. The van der Waals surface area contributed by atoms with Crippen LogP contribution in [0, 0.1) is 0 Å². The summed E-state index contributed by atoms with van der Waals surface area (Å²) >= 11 is 0.889. The number of carbonyl (C=O) groups is 1. The molecule has 2 aromatic heterocycles. The van der Waals surface area contributed by atoms with Crippen LogP contribution < -0.4 is 4.72 Å². The van der Waals surface area contributed by atoms with Crippen LogP contribution in [0.5, 0.6) is 0 Å². The molecule has 0 amide bonds. The van der Waals surface area contributed by atoms with Crippen LogP contribution in [0.4, 0.5) is 5.69 Å². The Kier molecular flexibility index (Phi) is 6.40. The van der Waals surface area contributed by atoms with Crippen LogP contribution in [0.3, 0.4) is 0 Å². The number of rotatable bonds is 9. The van der Waals surface area contributed by atoms with E-state index >= 15 is 0 Å². The lowest BCUT2D eigenvalue weighted by atomic mass is 10.1. The van der Waals surface area contributed by atoms with Crippen LogP contribution in [0.15, 0.2) is 78.0 Å². The quantitative estimate of drug-likeness (QED) is 0.335. The smallest absolute Gasteiger partial charge is 0.239 e. The molecule has 33 heavy (non-hydrogen) atoms. The fourth-order valence-electron chi connectivity index (χ4n) is 3.06. The van der Waals surface area contributed by atoms with Gasteiger partial charge in [0.1, 0.15) is 21.5 Å². The van der Waals surface area contributed by atoms with E-state index in [1.807, 2.05) is 0 Å². The molecule has 4 aromatic rings. The summed E-state index contributed by atoms with van der Waals surface area (Å²) in [5.41, 5.74) is 0.802. The number of hydrogen-bond donors (Lipinski definition) is 2. The van der Waals surface area contributed by atoms with Gasteiger partial charge >= 0.3 is 0 Å². The first-order valence-corrected chi connectivity index (χ1v) is 13.7. The molecule has 0 aliphatic heterocycles. The highest BCUT2D eigenvalue weighted by Gasteiger charge is 2.26. The number of H-pyrrole nitrogens is 1. The van der Waals surface area contributed by atoms with Crippen LogP contribution in [0.1, 0.15) is 25.9 Å². The first-order valence-electron chi connectivity index (χ1n) is 9.60. The number of aromatic nitrogens is 3. The largest absolute Gasteiger partial charge is 0.366 e. The van der Waals surface area contributed by atoms with Gasteiger partial charge in [-0.05, 0) is 12.1 Å². The zero-order chi connectivity index (χ0) is 23.5. The molecule has 4 rings (SSSR count). The molecule has 0 bridgehead atoms. The molecule has 2 N–H and O–H groups in total. The van der Waals surface area contributed by atoms with Gasteiger partial charge in [0.15, 0.2) is 15.6 Å². The molecular weight excluding hydrogens is 484 g/mol. The Morgan fingerprint density at radius 3 is 2.12 bits per heavy atom. The summed E-state index contributed by atoms with van der Waals surface area (Å²) in [6, 6.07) is 16.7. The number of nitrogens with one attached hydrogen (secondary N) is 2. The van der Waals surface area contributed by atoms with Crippen LogP contribution >= 0.6 is 11.3 Å². The minimum atomic E-state index is -3.94. The summed E-state index contributed by atoms with van der Waals surface area (Å²) in [6.45, 7) is 0. The van der Waals surface area contributed by atoms with Crippen molar-refractivity contribution >= 4 is 42.7 Å². The van der Waals surface area contributed by atoms with E-state index in [1.165, 1.54) is 12.4 Å². The van der Waals surface area contributed by atoms with Crippen molar-refractivity contribution in [2.45, 2.75) is 16.4 Å². The van der Waals surface area contributed by atoms with Gasteiger partial charge in [-0.3, -0.25) is 9.52 Å². The Hall–Kier alpha value is -3.35. The predicted molar refractivity (Wildman–Crippen MR) is 124 cm³/mol. The lowest BCUT2D eigenvalue weighted by molar-refractivity contribution is 0.103. The number of anilines is 1. The number of carbonyl (C=O) groups excluding carboxylic acids is 1. The number of benzene rings is 2. The second kappa shape index (κ2) is 9.25. The standard InChI is InChI=1S/C21H18N4O5S3/c26-21(15-7-3-1-4-8-15)17-11-22-12-18(17)32(27,28)13-19-23-24-20(31-19)14-33(29,30)25-16-9-5-2-6-10-16/h1-12,22,25H,13-14H2. The van der Waals surface area contributed by atoms with Crippen molar-refractivity contribution < 1.29 is 21.6 Å². The monoisotopic (exact) mass is 502 g/mol. The SMILES string of the molecule is O=C(c1ccccc1)c1c[nH]cc1S(=O)(=O)Cc1nnc(CS(=O)(=O)Nc2ccccc2)s1. The molecule has 2 heterocycles. The van der Waals surface area contributed by atoms with Gasteiger partial charge in [0.25, 0.3) is 0 Å². The van der Waals surface area contributed by atoms with E-state index in [4.69, 9.17) is 0 Å². The van der Waals surface area contributed by atoms with Crippen LogP contribution in [0.2, 0.25) is 0 Å². The first-order chi connectivity index (χ1) is 15.7. The highest BCUT2D eigenvalue weighted by atomic mass is 32.2. The summed E-state index contributed by atoms with van der Waals surface area (Å²) in [5.74, 6) is -1.38. The van der Waals surface area contributed by atoms with E-state index in [-0.39, 0.29) is 20.5 Å². The van der Waals surface area contributed by atoms with E-state index < -0.39 is 37.1 Å². The van der Waals surface area contributed by atoms with Crippen molar-refractivity contribution in [1.82, 2.24) is 15.2 Å². The average molecular weight is 503 g/mol. The predicted octanol–water partition coefficient (Wildman–Crippen LogP) is 3.01. The molecule has 0 fully saturated rings. The van der Waals surface area contributed by atoms with Crippen LogP contribution in [0.25, 0.3) is 0 Å². The minimum Gasteiger partial charge on any atom is -0.366 e. The second-order valence-corrected chi connectivity index (χ2v) is 11.8. The lowest BCUT2D eigenvalue weighted by Gasteiger charge is -2.05. The summed E-state index contributed by atoms with van der Waals surface area (Å²) in [6.07, 6.45) is 2.59. The Morgan fingerprint density at radius 2 is 1.45 bits per heavy atom. The Bertz CT molecular complexity index is 1480. The minimum absolute atomic E-state index is 0.0283. The van der Waals surface area contributed by atoms with Gasteiger partial charge < -0.3 is 4.98 Å². The molecule has 0 saturated heterocycles. The highest BCUT2D eigenvalue weighted by Crippen LogP contribution is 2.25. The number of para-hydroxylation sites is 1. The van der Waals surface area contributed by atoms with E-state index in [1.54, 1.807) is 60.7 Å². The van der Waals surface area contributed by atoms with Crippen molar-refractivity contribution in [3.63, 3.8) is 0 Å². The van der Waals surface area contributed by atoms with Gasteiger partial charge in [-0.1, -0.05) is 59.9 Å². The van der Waals surface area contributed by atoms with Gasteiger partial charge in [-0.25, -0.2) is 16.8 Å². The van der Waals surface area contributed by atoms with Gasteiger partial charge in [-0.2, -0.15) is 0 Å². The number of aromatic amines is 1. The van der Waals surface area contributed by atoms with E-state index in [2.05, 4.69) is 19.9 Å². The zero-order valence-corrected chi connectivity index (χ0v) is 19.5. The molecule has 0 atom stereocenters. The third-order valence-corrected chi connectivity index (χ3v) is 8.66. The molecule has 0 saturated carbocycles. The normalized spacial score (nSPS) is 11.9. The van der Waals surface area contributed by atoms with E-state index in [0.29, 0.717) is 11.3 Å². The fraction of sp³-hybridized carbons (Fsp3) is 0.0952. The molecule has 0 unspecified atom stereocenters. The maximum absolute atomic E-state index is 13.0. The number of sulfone groups is 1. The Labute approximate surface area is 194 Å². The Morgan fingerprint density at radius 1 is 0.848 bits per heavy atom.